The van der Waals surface area contributed by atoms with E-state index in [9.17, 15) is 4.79 Å². The Kier molecular flexibility index (Phi) is 5.46. The van der Waals surface area contributed by atoms with Crippen LogP contribution < -0.4 is 21.1 Å². The second kappa shape index (κ2) is 7.10. The number of amides is 2. The van der Waals surface area contributed by atoms with Crippen molar-refractivity contribution in [1.29, 1.82) is 0 Å². The maximum Gasteiger partial charge on any atom is 0.319 e. The molecular weight excluding hydrogens is 248 g/mol. The summed E-state index contributed by atoms with van der Waals surface area (Å²) in [5.41, 5.74) is 5.82. The van der Waals surface area contributed by atoms with E-state index in [1.165, 1.54) is 0 Å². The summed E-state index contributed by atoms with van der Waals surface area (Å²) in [6, 6.07) is 6.60. The molecule has 0 heterocycles. The van der Waals surface area contributed by atoms with Gasteiger partial charge in [0.05, 0.1) is 5.69 Å². The van der Waals surface area contributed by atoms with Gasteiger partial charge in [-0.15, -0.1) is 0 Å². The number of carbonyl (C=O) groups is 1. The molecule has 0 spiro atoms. The van der Waals surface area contributed by atoms with Crippen LogP contribution in [0.3, 0.4) is 0 Å². The summed E-state index contributed by atoms with van der Waals surface area (Å²) < 4.78 is 5.34. The number of carbonyl (C=O) groups excluding carboxylic acids is 1. The SMILES string of the molecule is CC(C)NC(=O)Nc1ccccc1OC/C(N)=N/O. The molecule has 7 nitrogen and oxygen atoms in total. The van der Waals surface area contributed by atoms with Gasteiger partial charge in [0.15, 0.2) is 5.84 Å². The number of hydrogen-bond donors (Lipinski definition) is 4. The Morgan fingerprint density at radius 1 is 1.47 bits per heavy atom. The normalized spacial score (nSPS) is 11.2. The van der Waals surface area contributed by atoms with E-state index in [-0.39, 0.29) is 24.5 Å². The minimum Gasteiger partial charge on any atom is -0.483 e. The Bertz CT molecular complexity index is 460. The molecule has 0 bridgehead atoms. The Labute approximate surface area is 111 Å². The van der Waals surface area contributed by atoms with E-state index in [0.717, 1.165) is 0 Å². The second-order valence-corrected chi connectivity index (χ2v) is 4.13. The standard InChI is InChI=1S/C12H18N4O3/c1-8(2)14-12(17)15-9-5-3-4-6-10(9)19-7-11(13)16-18/h3-6,8,18H,7H2,1-2H3,(H2,13,16)(H2,14,15,17). The van der Waals surface area contributed by atoms with Crippen molar-refractivity contribution in [3.63, 3.8) is 0 Å². The van der Waals surface area contributed by atoms with Crippen LogP contribution >= 0.6 is 0 Å². The minimum absolute atomic E-state index is 0.0326. The third kappa shape index (κ3) is 5.15. The Balaban J connectivity index is 2.70. The molecule has 0 aliphatic heterocycles. The first-order valence-electron chi connectivity index (χ1n) is 5.78. The highest BCUT2D eigenvalue weighted by atomic mass is 16.5. The average molecular weight is 266 g/mol. The molecule has 5 N–H and O–H groups in total. The summed E-state index contributed by atoms with van der Waals surface area (Å²) in [4.78, 5) is 11.6. The predicted octanol–water partition coefficient (Wildman–Crippen LogP) is 1.34. The lowest BCUT2D eigenvalue weighted by Gasteiger charge is -2.13. The van der Waals surface area contributed by atoms with Crippen molar-refractivity contribution < 1.29 is 14.7 Å². The first kappa shape index (κ1) is 14.6. The first-order chi connectivity index (χ1) is 9.02. The van der Waals surface area contributed by atoms with Crippen LogP contribution in [-0.2, 0) is 0 Å². The lowest BCUT2D eigenvalue weighted by atomic mass is 10.3. The number of ether oxygens (including phenoxy) is 1. The fourth-order valence-electron chi connectivity index (χ4n) is 1.30. The largest absolute Gasteiger partial charge is 0.483 e. The Morgan fingerprint density at radius 2 is 2.16 bits per heavy atom. The number of anilines is 1. The molecule has 0 fully saturated rings. The van der Waals surface area contributed by atoms with Crippen molar-refractivity contribution in [3.05, 3.63) is 24.3 Å². The second-order valence-electron chi connectivity index (χ2n) is 4.13. The van der Waals surface area contributed by atoms with Crippen LogP contribution in [0, 0.1) is 0 Å². The lowest BCUT2D eigenvalue weighted by molar-refractivity contribution is 0.249. The zero-order valence-corrected chi connectivity index (χ0v) is 10.9. The summed E-state index contributed by atoms with van der Waals surface area (Å²) in [6.45, 7) is 3.65. The van der Waals surface area contributed by atoms with Crippen LogP contribution in [-0.4, -0.2) is 29.7 Å². The van der Waals surface area contributed by atoms with E-state index in [1.807, 2.05) is 13.8 Å². The number of oxime groups is 1. The zero-order valence-electron chi connectivity index (χ0n) is 10.9. The molecule has 1 aromatic rings. The Morgan fingerprint density at radius 3 is 2.79 bits per heavy atom. The number of rotatable bonds is 5. The van der Waals surface area contributed by atoms with Gasteiger partial charge in [0.2, 0.25) is 0 Å². The van der Waals surface area contributed by atoms with E-state index in [1.54, 1.807) is 24.3 Å². The smallest absolute Gasteiger partial charge is 0.319 e. The lowest BCUT2D eigenvalue weighted by Crippen LogP contribution is -2.34. The molecule has 104 valence electrons. The molecule has 0 unspecified atom stereocenters. The summed E-state index contributed by atoms with van der Waals surface area (Å²) in [6.07, 6.45) is 0. The number of urea groups is 1. The molecule has 0 aromatic heterocycles. The van der Waals surface area contributed by atoms with Crippen molar-refractivity contribution in [1.82, 2.24) is 5.32 Å². The van der Waals surface area contributed by atoms with Gasteiger partial charge in [-0.2, -0.15) is 0 Å². The molecule has 7 heteroatoms. The topological polar surface area (TPSA) is 109 Å². The molecule has 2 amide bonds. The van der Waals surface area contributed by atoms with Crippen LogP contribution in [0.1, 0.15) is 13.8 Å². The van der Waals surface area contributed by atoms with Crippen LogP contribution in [0.5, 0.6) is 5.75 Å². The maximum absolute atomic E-state index is 11.6. The van der Waals surface area contributed by atoms with Gasteiger partial charge in [-0.05, 0) is 26.0 Å². The van der Waals surface area contributed by atoms with Gasteiger partial charge >= 0.3 is 6.03 Å². The van der Waals surface area contributed by atoms with Gasteiger partial charge < -0.3 is 26.3 Å². The van der Waals surface area contributed by atoms with Crippen LogP contribution in [0.2, 0.25) is 0 Å². The number of benzene rings is 1. The predicted molar refractivity (Wildman–Crippen MR) is 72.6 cm³/mol. The molecular formula is C12H18N4O3. The van der Waals surface area contributed by atoms with E-state index >= 15 is 0 Å². The molecule has 0 aliphatic rings. The molecule has 0 radical (unpaired) electrons. The molecule has 1 aromatic carbocycles. The van der Waals surface area contributed by atoms with Gasteiger partial charge in [0.25, 0.3) is 0 Å². The van der Waals surface area contributed by atoms with Crippen LogP contribution in [0.25, 0.3) is 0 Å². The summed E-state index contributed by atoms with van der Waals surface area (Å²) in [7, 11) is 0. The highest BCUT2D eigenvalue weighted by Crippen LogP contribution is 2.23. The van der Waals surface area contributed by atoms with Crippen molar-refractivity contribution in [2.45, 2.75) is 19.9 Å². The molecule has 1 rings (SSSR count). The van der Waals surface area contributed by atoms with Gasteiger partial charge in [-0.1, -0.05) is 17.3 Å². The number of hydrogen-bond acceptors (Lipinski definition) is 4. The zero-order chi connectivity index (χ0) is 14.3. The average Bonchev–Trinajstić information content (AvgIpc) is 2.36. The third-order valence-electron chi connectivity index (χ3n) is 2.06. The monoisotopic (exact) mass is 266 g/mol. The van der Waals surface area contributed by atoms with E-state index in [4.69, 9.17) is 15.7 Å². The van der Waals surface area contributed by atoms with Crippen LogP contribution in [0.4, 0.5) is 10.5 Å². The van der Waals surface area contributed by atoms with Crippen LogP contribution in [0.15, 0.2) is 29.4 Å². The summed E-state index contributed by atoms with van der Waals surface area (Å²) >= 11 is 0. The fourth-order valence-corrected chi connectivity index (χ4v) is 1.30. The van der Waals surface area contributed by atoms with Crippen molar-refractivity contribution in [2.75, 3.05) is 11.9 Å². The molecule has 0 atom stereocenters. The van der Waals surface area contributed by atoms with Gasteiger partial charge in [0.1, 0.15) is 12.4 Å². The van der Waals surface area contributed by atoms with Crippen molar-refractivity contribution in [2.24, 2.45) is 10.9 Å². The Hall–Kier alpha value is -2.44. The molecule has 0 saturated heterocycles. The highest BCUT2D eigenvalue weighted by molar-refractivity contribution is 5.91. The number of amidine groups is 1. The van der Waals surface area contributed by atoms with Gasteiger partial charge in [-0.3, -0.25) is 0 Å². The number of nitrogens with one attached hydrogen (secondary N) is 2. The van der Waals surface area contributed by atoms with E-state index in [0.29, 0.717) is 11.4 Å². The van der Waals surface area contributed by atoms with Crippen molar-refractivity contribution in [3.8, 4) is 5.75 Å². The molecule has 19 heavy (non-hydrogen) atoms. The first-order valence-corrected chi connectivity index (χ1v) is 5.78. The summed E-state index contributed by atoms with van der Waals surface area (Å²) in [5, 5.41) is 16.6. The quantitative estimate of drug-likeness (QED) is 0.279. The van der Waals surface area contributed by atoms with Gasteiger partial charge in [0, 0.05) is 6.04 Å². The number of para-hydroxylation sites is 2. The highest BCUT2D eigenvalue weighted by Gasteiger charge is 2.08. The third-order valence-corrected chi connectivity index (χ3v) is 2.06. The van der Waals surface area contributed by atoms with Gasteiger partial charge in [-0.25, -0.2) is 4.79 Å². The van der Waals surface area contributed by atoms with E-state index in [2.05, 4.69) is 15.8 Å². The maximum atomic E-state index is 11.6. The fraction of sp³-hybridized carbons (Fsp3) is 0.333. The number of nitrogens with zero attached hydrogens (tertiary/aromatic N) is 1. The minimum atomic E-state index is -0.324. The number of nitrogens with two attached hydrogens (primary N) is 1. The molecule has 0 aliphatic carbocycles. The summed E-state index contributed by atoms with van der Waals surface area (Å²) in [5.74, 6) is 0.384. The van der Waals surface area contributed by atoms with E-state index < -0.39 is 0 Å². The molecule has 0 saturated carbocycles. The van der Waals surface area contributed by atoms with Crippen molar-refractivity contribution >= 4 is 17.6 Å².